The Balaban J connectivity index is 1.42. The van der Waals surface area contributed by atoms with Crippen molar-refractivity contribution < 1.29 is 14.3 Å². The van der Waals surface area contributed by atoms with Crippen molar-refractivity contribution in [2.75, 3.05) is 7.11 Å². The van der Waals surface area contributed by atoms with E-state index in [0.29, 0.717) is 23.6 Å². The Kier molecular flexibility index (Phi) is 5.38. The Morgan fingerprint density at radius 2 is 1.69 bits per heavy atom. The van der Waals surface area contributed by atoms with E-state index in [4.69, 9.17) is 9.47 Å². The molecule has 5 heteroatoms. The number of ether oxygens (including phenoxy) is 2. The van der Waals surface area contributed by atoms with E-state index in [9.17, 15) is 4.79 Å². The highest BCUT2D eigenvalue weighted by atomic mass is 16.5. The number of carbonyl (C=O) groups excluding carboxylic acids is 1. The van der Waals surface area contributed by atoms with Crippen LogP contribution in [0.5, 0.6) is 17.2 Å². The van der Waals surface area contributed by atoms with Crippen LogP contribution in [0.15, 0.2) is 85.1 Å². The summed E-state index contributed by atoms with van der Waals surface area (Å²) in [6, 6.07) is 24.3. The van der Waals surface area contributed by atoms with Crippen molar-refractivity contribution in [3.63, 3.8) is 0 Å². The van der Waals surface area contributed by atoms with Crippen LogP contribution in [0.2, 0.25) is 0 Å². The fraction of sp³-hybridized carbons (Fsp3) is 0.0833. The Hall–Kier alpha value is -3.86. The van der Waals surface area contributed by atoms with E-state index in [1.54, 1.807) is 19.4 Å². The monoisotopic (exact) mass is 384 g/mol. The summed E-state index contributed by atoms with van der Waals surface area (Å²) in [6.07, 6.45) is 1.74. The fourth-order valence-electron chi connectivity index (χ4n) is 3.02. The van der Waals surface area contributed by atoms with Gasteiger partial charge in [-0.25, -0.2) is 0 Å². The van der Waals surface area contributed by atoms with Gasteiger partial charge in [0.15, 0.2) is 0 Å². The zero-order chi connectivity index (χ0) is 20.1. The maximum atomic E-state index is 12.5. The molecule has 4 aromatic rings. The van der Waals surface area contributed by atoms with Crippen LogP contribution in [0.3, 0.4) is 0 Å². The second-order valence-electron chi connectivity index (χ2n) is 6.52. The van der Waals surface area contributed by atoms with Gasteiger partial charge in [0.1, 0.15) is 17.2 Å². The molecule has 144 valence electrons. The minimum Gasteiger partial charge on any atom is -0.497 e. The third kappa shape index (κ3) is 4.52. The molecule has 0 aliphatic carbocycles. The zero-order valence-corrected chi connectivity index (χ0v) is 16.0. The molecular formula is C24H20N2O3. The number of nitrogens with zero attached hydrogens (tertiary/aromatic N) is 1. The molecule has 3 aromatic carbocycles. The first-order valence-electron chi connectivity index (χ1n) is 9.25. The number of fused-ring (bicyclic) bond motifs is 1. The van der Waals surface area contributed by atoms with Gasteiger partial charge >= 0.3 is 0 Å². The Labute approximate surface area is 168 Å². The van der Waals surface area contributed by atoms with E-state index < -0.39 is 0 Å². The minimum absolute atomic E-state index is 0.130. The molecule has 0 bridgehead atoms. The Bertz CT molecular complexity index is 1160. The summed E-state index contributed by atoms with van der Waals surface area (Å²) in [5, 5.41) is 3.89. The summed E-state index contributed by atoms with van der Waals surface area (Å²) in [7, 11) is 1.62. The second-order valence-corrected chi connectivity index (χ2v) is 6.52. The average Bonchev–Trinajstić information content (AvgIpc) is 2.77. The van der Waals surface area contributed by atoms with Gasteiger partial charge in [0.2, 0.25) is 0 Å². The molecular weight excluding hydrogens is 364 g/mol. The SMILES string of the molecule is COc1cccc(Oc2cccc(CNC(=O)c3ccc4ncccc4c3)c2)c1. The lowest BCUT2D eigenvalue weighted by atomic mass is 10.1. The van der Waals surface area contributed by atoms with Crippen LogP contribution >= 0.6 is 0 Å². The van der Waals surface area contributed by atoms with Gasteiger partial charge in [-0.05, 0) is 54.1 Å². The molecule has 0 saturated heterocycles. The molecule has 0 atom stereocenters. The highest BCUT2D eigenvalue weighted by Crippen LogP contribution is 2.25. The first-order chi connectivity index (χ1) is 14.2. The molecule has 0 unspecified atom stereocenters. The first kappa shape index (κ1) is 18.5. The maximum absolute atomic E-state index is 12.5. The van der Waals surface area contributed by atoms with Crippen LogP contribution in [-0.2, 0) is 6.54 Å². The number of hydrogen-bond donors (Lipinski definition) is 1. The van der Waals surface area contributed by atoms with Gasteiger partial charge in [-0.15, -0.1) is 0 Å². The lowest BCUT2D eigenvalue weighted by Gasteiger charge is -2.10. The van der Waals surface area contributed by atoms with E-state index in [2.05, 4.69) is 10.3 Å². The molecule has 4 rings (SSSR count). The predicted octanol–water partition coefficient (Wildman–Crippen LogP) is 4.97. The average molecular weight is 384 g/mol. The van der Waals surface area contributed by atoms with Crippen LogP contribution in [0, 0.1) is 0 Å². The largest absolute Gasteiger partial charge is 0.497 e. The fourth-order valence-corrected chi connectivity index (χ4v) is 3.02. The summed E-state index contributed by atoms with van der Waals surface area (Å²) in [5.74, 6) is 1.99. The molecule has 0 aliphatic rings. The number of benzene rings is 3. The lowest BCUT2D eigenvalue weighted by Crippen LogP contribution is -2.22. The molecule has 1 aromatic heterocycles. The molecule has 0 saturated carbocycles. The van der Waals surface area contributed by atoms with Crippen LogP contribution < -0.4 is 14.8 Å². The number of carbonyl (C=O) groups is 1. The minimum atomic E-state index is -0.130. The molecule has 29 heavy (non-hydrogen) atoms. The molecule has 1 N–H and O–H groups in total. The second kappa shape index (κ2) is 8.44. The highest BCUT2D eigenvalue weighted by Gasteiger charge is 2.07. The first-order valence-corrected chi connectivity index (χ1v) is 9.25. The van der Waals surface area contributed by atoms with Crippen LogP contribution in [0.4, 0.5) is 0 Å². The molecule has 0 radical (unpaired) electrons. The number of aromatic nitrogens is 1. The molecule has 5 nitrogen and oxygen atoms in total. The standard InChI is InChI=1S/C24H20N2O3/c1-28-20-7-3-9-22(15-20)29-21-8-2-5-17(13-21)16-26-24(27)19-10-11-23-18(14-19)6-4-12-25-23/h2-15H,16H2,1H3,(H,26,27). The number of pyridine rings is 1. The third-order valence-corrected chi connectivity index (χ3v) is 4.49. The summed E-state index contributed by atoms with van der Waals surface area (Å²) in [4.78, 5) is 16.8. The van der Waals surface area contributed by atoms with Gasteiger partial charge in [-0.3, -0.25) is 9.78 Å². The summed E-state index contributed by atoms with van der Waals surface area (Å²) < 4.78 is 11.1. The van der Waals surface area contributed by atoms with Crippen molar-refractivity contribution in [1.29, 1.82) is 0 Å². The number of hydrogen-bond acceptors (Lipinski definition) is 4. The van der Waals surface area contributed by atoms with Gasteiger partial charge in [-0.2, -0.15) is 0 Å². The molecule has 0 fully saturated rings. The van der Waals surface area contributed by atoms with Crippen molar-refractivity contribution in [1.82, 2.24) is 10.3 Å². The van der Waals surface area contributed by atoms with Crippen molar-refractivity contribution in [2.24, 2.45) is 0 Å². The van der Waals surface area contributed by atoms with E-state index in [1.807, 2.05) is 72.8 Å². The number of rotatable bonds is 6. The quantitative estimate of drug-likeness (QED) is 0.510. The Morgan fingerprint density at radius 1 is 0.897 bits per heavy atom. The van der Waals surface area contributed by atoms with Gasteiger partial charge in [0.25, 0.3) is 5.91 Å². The summed E-state index contributed by atoms with van der Waals surface area (Å²) >= 11 is 0. The van der Waals surface area contributed by atoms with Gasteiger partial charge < -0.3 is 14.8 Å². The molecule has 0 aliphatic heterocycles. The van der Waals surface area contributed by atoms with Crippen molar-refractivity contribution in [3.8, 4) is 17.2 Å². The highest BCUT2D eigenvalue weighted by molar-refractivity contribution is 5.97. The number of amides is 1. The van der Waals surface area contributed by atoms with Crippen LogP contribution in [0.25, 0.3) is 10.9 Å². The van der Waals surface area contributed by atoms with Gasteiger partial charge in [0.05, 0.1) is 12.6 Å². The van der Waals surface area contributed by atoms with Gasteiger partial charge in [0, 0.05) is 29.8 Å². The van der Waals surface area contributed by atoms with Crippen molar-refractivity contribution >= 4 is 16.8 Å². The smallest absolute Gasteiger partial charge is 0.251 e. The number of nitrogens with one attached hydrogen (secondary N) is 1. The topological polar surface area (TPSA) is 60.5 Å². The Morgan fingerprint density at radius 3 is 2.55 bits per heavy atom. The predicted molar refractivity (Wildman–Crippen MR) is 112 cm³/mol. The maximum Gasteiger partial charge on any atom is 0.251 e. The normalized spacial score (nSPS) is 10.5. The summed E-state index contributed by atoms with van der Waals surface area (Å²) in [5.41, 5.74) is 2.42. The zero-order valence-electron chi connectivity index (χ0n) is 16.0. The third-order valence-electron chi connectivity index (χ3n) is 4.49. The molecule has 0 spiro atoms. The van der Waals surface area contributed by atoms with Crippen molar-refractivity contribution in [2.45, 2.75) is 6.54 Å². The lowest BCUT2D eigenvalue weighted by molar-refractivity contribution is 0.0951. The van der Waals surface area contributed by atoms with E-state index >= 15 is 0 Å². The number of methoxy groups -OCH3 is 1. The molecule has 1 amide bonds. The molecule has 1 heterocycles. The van der Waals surface area contributed by atoms with Gasteiger partial charge in [-0.1, -0.05) is 24.3 Å². The van der Waals surface area contributed by atoms with Crippen LogP contribution in [-0.4, -0.2) is 18.0 Å². The van der Waals surface area contributed by atoms with Crippen LogP contribution in [0.1, 0.15) is 15.9 Å². The summed E-state index contributed by atoms with van der Waals surface area (Å²) in [6.45, 7) is 0.402. The van der Waals surface area contributed by atoms with Crippen molar-refractivity contribution in [3.05, 3.63) is 96.2 Å². The van der Waals surface area contributed by atoms with E-state index in [1.165, 1.54) is 0 Å². The van der Waals surface area contributed by atoms with E-state index in [0.717, 1.165) is 22.2 Å². The van der Waals surface area contributed by atoms with E-state index in [-0.39, 0.29) is 5.91 Å².